The molecule has 0 saturated carbocycles. The minimum absolute atomic E-state index is 0.000791. The molecular formula is C23H29ClN2O5S. The van der Waals surface area contributed by atoms with Crippen LogP contribution >= 0.6 is 11.6 Å². The number of hydrogen-bond acceptors (Lipinski definition) is 5. The molecular weight excluding hydrogens is 452 g/mol. The molecule has 2 rings (SSSR count). The van der Waals surface area contributed by atoms with Crippen LogP contribution in [0.4, 0.5) is 0 Å². The van der Waals surface area contributed by atoms with Crippen LogP contribution in [0, 0.1) is 5.92 Å². The Morgan fingerprint density at radius 3 is 2.34 bits per heavy atom. The predicted octanol–water partition coefficient (Wildman–Crippen LogP) is 4.41. The molecule has 0 aliphatic carbocycles. The Morgan fingerprint density at radius 1 is 1.19 bits per heavy atom. The van der Waals surface area contributed by atoms with E-state index in [4.69, 9.17) is 16.3 Å². The predicted molar refractivity (Wildman–Crippen MR) is 124 cm³/mol. The number of nitrogens with one attached hydrogen (secondary N) is 1. The summed E-state index contributed by atoms with van der Waals surface area (Å²) in [6, 6.07) is 11.6. The Labute approximate surface area is 194 Å². The zero-order valence-electron chi connectivity index (χ0n) is 18.2. The molecule has 1 amide bonds. The molecule has 0 fully saturated rings. The number of hydroxylamine groups is 1. The second-order valence-electron chi connectivity index (χ2n) is 7.70. The van der Waals surface area contributed by atoms with E-state index < -0.39 is 22.0 Å². The van der Waals surface area contributed by atoms with E-state index in [1.807, 2.05) is 13.8 Å². The van der Waals surface area contributed by atoms with Crippen molar-refractivity contribution < 1.29 is 23.2 Å². The highest BCUT2D eigenvalue weighted by molar-refractivity contribution is 7.89. The van der Waals surface area contributed by atoms with E-state index in [0.29, 0.717) is 29.4 Å². The van der Waals surface area contributed by atoms with E-state index in [2.05, 4.69) is 6.58 Å². The summed E-state index contributed by atoms with van der Waals surface area (Å²) in [5.74, 6) is -0.261. The molecule has 2 N–H and O–H groups in total. The summed E-state index contributed by atoms with van der Waals surface area (Å²) in [4.78, 5) is 12.5. The van der Waals surface area contributed by atoms with Crippen molar-refractivity contribution >= 4 is 27.5 Å². The molecule has 0 radical (unpaired) electrons. The normalized spacial score (nSPS) is 12.6. The monoisotopic (exact) mass is 480 g/mol. The number of benzene rings is 2. The fourth-order valence-corrected chi connectivity index (χ4v) is 4.82. The Kier molecular flexibility index (Phi) is 9.71. The standard InChI is InChI=1S/C23H29ClN2O5S/c1-4-5-14-31-20-10-12-21(13-11-20)32(29,30)26(16-18-6-8-19(24)9-7-18)22(15-17(2)3)23(27)25-28/h4,6-13,17,22,28H,1,5,14-16H2,2-3H3,(H,25,27). The molecule has 0 bridgehead atoms. The topological polar surface area (TPSA) is 95.9 Å². The SMILES string of the molecule is C=CCCOc1ccc(S(=O)(=O)N(Cc2ccc(Cl)cc2)C(CC(C)C)C(=O)NO)cc1. The van der Waals surface area contributed by atoms with Gasteiger partial charge in [-0.1, -0.05) is 43.7 Å². The van der Waals surface area contributed by atoms with Crippen molar-refractivity contribution in [2.45, 2.75) is 44.2 Å². The van der Waals surface area contributed by atoms with E-state index >= 15 is 0 Å². The molecule has 0 spiro atoms. The van der Waals surface area contributed by atoms with Gasteiger partial charge in [0.1, 0.15) is 11.8 Å². The van der Waals surface area contributed by atoms with Crippen molar-refractivity contribution in [2.24, 2.45) is 5.92 Å². The number of nitrogens with zero attached hydrogens (tertiary/aromatic N) is 1. The third kappa shape index (κ3) is 7.06. The Bertz CT molecular complexity index is 992. The van der Waals surface area contributed by atoms with Crippen LogP contribution in [-0.2, 0) is 21.4 Å². The summed E-state index contributed by atoms with van der Waals surface area (Å²) < 4.78 is 33.9. The van der Waals surface area contributed by atoms with Crippen molar-refractivity contribution in [1.29, 1.82) is 0 Å². The summed E-state index contributed by atoms with van der Waals surface area (Å²) in [6.45, 7) is 7.75. The fourth-order valence-electron chi connectivity index (χ4n) is 3.11. The maximum Gasteiger partial charge on any atom is 0.261 e. The maximum absolute atomic E-state index is 13.6. The highest BCUT2D eigenvalue weighted by atomic mass is 35.5. The quantitative estimate of drug-likeness (QED) is 0.203. The fraction of sp³-hybridized carbons (Fsp3) is 0.348. The maximum atomic E-state index is 13.6. The second kappa shape index (κ2) is 12.0. The molecule has 1 atom stereocenters. The van der Waals surface area contributed by atoms with E-state index in [1.54, 1.807) is 48.0 Å². The lowest BCUT2D eigenvalue weighted by Gasteiger charge is -2.30. The van der Waals surface area contributed by atoms with Crippen LogP contribution in [0.2, 0.25) is 5.02 Å². The molecule has 7 nitrogen and oxygen atoms in total. The van der Waals surface area contributed by atoms with Crippen LogP contribution in [0.15, 0.2) is 66.1 Å². The first-order valence-electron chi connectivity index (χ1n) is 10.2. The van der Waals surface area contributed by atoms with Crippen LogP contribution in [0.5, 0.6) is 5.75 Å². The van der Waals surface area contributed by atoms with Crippen molar-refractivity contribution in [1.82, 2.24) is 9.79 Å². The van der Waals surface area contributed by atoms with Crippen LogP contribution in [-0.4, -0.2) is 36.5 Å². The smallest absolute Gasteiger partial charge is 0.261 e. The minimum Gasteiger partial charge on any atom is -0.493 e. The first-order chi connectivity index (χ1) is 15.2. The number of carbonyl (C=O) groups is 1. The van der Waals surface area contributed by atoms with Crippen LogP contribution in [0.25, 0.3) is 0 Å². The Hall–Kier alpha value is -2.39. The lowest BCUT2D eigenvalue weighted by Crippen LogP contribution is -2.49. The second-order valence-corrected chi connectivity index (χ2v) is 10.0. The highest BCUT2D eigenvalue weighted by Crippen LogP contribution is 2.26. The van der Waals surface area contributed by atoms with Gasteiger partial charge in [-0.3, -0.25) is 10.0 Å². The van der Waals surface area contributed by atoms with Gasteiger partial charge in [0.2, 0.25) is 10.0 Å². The van der Waals surface area contributed by atoms with Crippen molar-refractivity contribution in [2.75, 3.05) is 6.61 Å². The Balaban J connectivity index is 2.44. The number of halogens is 1. The van der Waals surface area contributed by atoms with Gasteiger partial charge < -0.3 is 4.74 Å². The molecule has 1 unspecified atom stereocenters. The van der Waals surface area contributed by atoms with Gasteiger partial charge in [0.25, 0.3) is 5.91 Å². The van der Waals surface area contributed by atoms with Gasteiger partial charge in [-0.2, -0.15) is 4.31 Å². The first-order valence-corrected chi connectivity index (χ1v) is 12.0. The van der Waals surface area contributed by atoms with Gasteiger partial charge >= 0.3 is 0 Å². The molecule has 9 heteroatoms. The van der Waals surface area contributed by atoms with Gasteiger partial charge in [-0.15, -0.1) is 6.58 Å². The molecule has 2 aromatic rings. The van der Waals surface area contributed by atoms with Crippen LogP contribution in [0.1, 0.15) is 32.3 Å². The summed E-state index contributed by atoms with van der Waals surface area (Å²) in [7, 11) is -4.09. The first kappa shape index (κ1) is 25.9. The van der Waals surface area contributed by atoms with Crippen LogP contribution < -0.4 is 10.2 Å². The highest BCUT2D eigenvalue weighted by Gasteiger charge is 2.36. The van der Waals surface area contributed by atoms with E-state index in [9.17, 15) is 18.4 Å². The van der Waals surface area contributed by atoms with Gasteiger partial charge in [-0.05, 0) is 60.7 Å². The van der Waals surface area contributed by atoms with Gasteiger partial charge in [-0.25, -0.2) is 13.9 Å². The number of ether oxygens (including phenoxy) is 1. The summed E-state index contributed by atoms with van der Waals surface area (Å²) in [5, 5.41) is 9.80. The molecule has 0 aliphatic rings. The molecule has 0 aromatic heterocycles. The molecule has 0 saturated heterocycles. The zero-order chi connectivity index (χ0) is 23.7. The average Bonchev–Trinajstić information content (AvgIpc) is 2.77. The number of rotatable bonds is 12. The lowest BCUT2D eigenvalue weighted by atomic mass is 10.0. The molecule has 174 valence electrons. The molecule has 0 aliphatic heterocycles. The van der Waals surface area contributed by atoms with E-state index in [-0.39, 0.29) is 23.8 Å². The third-order valence-corrected chi connectivity index (χ3v) is 6.85. The summed E-state index contributed by atoms with van der Waals surface area (Å²) >= 11 is 5.95. The summed E-state index contributed by atoms with van der Waals surface area (Å²) in [6.07, 6.45) is 2.62. The van der Waals surface area contributed by atoms with Crippen LogP contribution in [0.3, 0.4) is 0 Å². The van der Waals surface area contributed by atoms with Crippen molar-refractivity contribution in [3.63, 3.8) is 0 Å². The minimum atomic E-state index is -4.09. The number of amides is 1. The Morgan fingerprint density at radius 2 is 1.81 bits per heavy atom. The van der Waals surface area contributed by atoms with E-state index in [0.717, 1.165) is 4.31 Å². The van der Waals surface area contributed by atoms with E-state index in [1.165, 1.54) is 12.1 Å². The lowest BCUT2D eigenvalue weighted by molar-refractivity contribution is -0.133. The summed E-state index contributed by atoms with van der Waals surface area (Å²) in [5.41, 5.74) is 2.27. The number of carbonyl (C=O) groups excluding carboxylic acids is 1. The molecule has 32 heavy (non-hydrogen) atoms. The molecule has 0 heterocycles. The number of hydrogen-bond donors (Lipinski definition) is 2. The van der Waals surface area contributed by atoms with Crippen molar-refractivity contribution in [3.05, 3.63) is 71.8 Å². The third-order valence-electron chi connectivity index (χ3n) is 4.73. The largest absolute Gasteiger partial charge is 0.493 e. The van der Waals surface area contributed by atoms with Gasteiger partial charge in [0, 0.05) is 11.6 Å². The zero-order valence-corrected chi connectivity index (χ0v) is 19.8. The number of sulfonamides is 1. The van der Waals surface area contributed by atoms with Gasteiger partial charge in [0.15, 0.2) is 0 Å². The average molecular weight is 481 g/mol. The van der Waals surface area contributed by atoms with Crippen molar-refractivity contribution in [3.8, 4) is 5.75 Å². The van der Waals surface area contributed by atoms with Gasteiger partial charge in [0.05, 0.1) is 11.5 Å². The molecule has 2 aromatic carbocycles.